The van der Waals surface area contributed by atoms with Crippen molar-refractivity contribution < 1.29 is 4.79 Å². The third kappa shape index (κ3) is 2.47. The van der Waals surface area contributed by atoms with E-state index in [2.05, 4.69) is 10.1 Å². The molecule has 0 bridgehead atoms. The molecule has 0 radical (unpaired) electrons. The van der Waals surface area contributed by atoms with Crippen LogP contribution in [0.5, 0.6) is 0 Å². The summed E-state index contributed by atoms with van der Waals surface area (Å²) in [6, 6.07) is 3.63. The van der Waals surface area contributed by atoms with Crippen LogP contribution in [0.1, 0.15) is 0 Å². The molecular formula is C11H10Cl2N4O. The summed E-state index contributed by atoms with van der Waals surface area (Å²) in [5.74, 6) is -0.352. The molecule has 0 aromatic carbocycles. The lowest BCUT2D eigenvalue weighted by Gasteiger charge is -2.13. The summed E-state index contributed by atoms with van der Waals surface area (Å²) >= 11 is 11.5. The maximum atomic E-state index is 11.5. The Morgan fingerprint density at radius 1 is 1.56 bits per heavy atom. The molecule has 94 valence electrons. The van der Waals surface area contributed by atoms with Crippen LogP contribution in [-0.4, -0.2) is 33.6 Å². The Bertz CT molecular complexity index is 555. The first-order chi connectivity index (χ1) is 8.63. The molecule has 18 heavy (non-hydrogen) atoms. The van der Waals surface area contributed by atoms with Gasteiger partial charge in [-0.1, -0.05) is 11.6 Å². The van der Waals surface area contributed by atoms with Crippen molar-refractivity contribution in [1.29, 1.82) is 0 Å². The predicted octanol–water partition coefficient (Wildman–Crippen LogP) is 2.12. The highest BCUT2D eigenvalue weighted by Crippen LogP contribution is 2.25. The molecule has 5 nitrogen and oxygen atoms in total. The second-order valence-corrected chi connectivity index (χ2v) is 4.17. The minimum atomic E-state index is -0.246. The molecule has 0 aliphatic rings. The van der Waals surface area contributed by atoms with Gasteiger partial charge in [-0.05, 0) is 12.1 Å². The van der Waals surface area contributed by atoms with Gasteiger partial charge in [-0.3, -0.25) is 9.78 Å². The van der Waals surface area contributed by atoms with Gasteiger partial charge in [-0.25, -0.2) is 4.68 Å². The van der Waals surface area contributed by atoms with Crippen LogP contribution in [0.25, 0.3) is 5.69 Å². The molecular weight excluding hydrogens is 275 g/mol. The molecule has 7 heteroatoms. The minimum absolute atomic E-state index is 0.106. The number of pyridine rings is 1. The van der Waals surface area contributed by atoms with Gasteiger partial charge < -0.3 is 4.90 Å². The lowest BCUT2D eigenvalue weighted by molar-refractivity contribution is -0.116. The highest BCUT2D eigenvalue weighted by atomic mass is 35.5. The number of carbonyl (C=O) groups is 1. The van der Waals surface area contributed by atoms with E-state index in [4.69, 9.17) is 23.2 Å². The number of aromatic nitrogens is 3. The van der Waals surface area contributed by atoms with Crippen LogP contribution in [0.15, 0.2) is 30.7 Å². The number of hydrogen-bond donors (Lipinski definition) is 0. The fourth-order valence-corrected chi connectivity index (χ4v) is 1.85. The maximum Gasteiger partial charge on any atom is 0.241 e. The molecule has 2 aromatic rings. The number of hydrogen-bond acceptors (Lipinski definition) is 3. The number of anilines is 1. The van der Waals surface area contributed by atoms with E-state index in [9.17, 15) is 4.79 Å². The molecule has 0 spiro atoms. The zero-order valence-electron chi connectivity index (χ0n) is 9.55. The van der Waals surface area contributed by atoms with E-state index in [1.54, 1.807) is 36.4 Å². The van der Waals surface area contributed by atoms with Crippen LogP contribution in [-0.2, 0) is 4.79 Å². The standard InChI is InChI=1S/C11H10Cl2N4O/c1-16(10(18)5-12)9-7-17(15-11(9)13)8-3-2-4-14-6-8/h2-4,6-7H,5H2,1H3. The van der Waals surface area contributed by atoms with Crippen LogP contribution < -0.4 is 4.90 Å². The first-order valence-electron chi connectivity index (χ1n) is 5.11. The van der Waals surface area contributed by atoms with Crippen LogP contribution in [0.4, 0.5) is 5.69 Å². The van der Waals surface area contributed by atoms with E-state index >= 15 is 0 Å². The van der Waals surface area contributed by atoms with Crippen molar-refractivity contribution in [2.24, 2.45) is 0 Å². The van der Waals surface area contributed by atoms with Crippen molar-refractivity contribution in [3.8, 4) is 5.69 Å². The van der Waals surface area contributed by atoms with E-state index in [0.717, 1.165) is 5.69 Å². The predicted molar refractivity (Wildman–Crippen MR) is 70.5 cm³/mol. The first kappa shape index (κ1) is 12.9. The van der Waals surface area contributed by atoms with E-state index in [1.807, 2.05) is 6.07 Å². The van der Waals surface area contributed by atoms with Gasteiger partial charge >= 0.3 is 0 Å². The Kier molecular flexibility index (Phi) is 3.84. The molecule has 0 saturated heterocycles. The molecule has 0 aliphatic carbocycles. The Morgan fingerprint density at radius 3 is 2.94 bits per heavy atom. The molecule has 2 heterocycles. The average Bonchev–Trinajstić information content (AvgIpc) is 2.80. The Labute approximate surface area is 114 Å². The number of amides is 1. The van der Waals surface area contributed by atoms with E-state index < -0.39 is 0 Å². The van der Waals surface area contributed by atoms with Crippen molar-refractivity contribution in [2.45, 2.75) is 0 Å². The van der Waals surface area contributed by atoms with Gasteiger partial charge in [0.05, 0.1) is 18.1 Å². The van der Waals surface area contributed by atoms with Gasteiger partial charge in [0.25, 0.3) is 0 Å². The molecule has 0 fully saturated rings. The lowest BCUT2D eigenvalue weighted by atomic mass is 10.4. The summed E-state index contributed by atoms with van der Waals surface area (Å²) in [6.45, 7) is 0. The zero-order valence-corrected chi connectivity index (χ0v) is 11.1. The molecule has 1 amide bonds. The van der Waals surface area contributed by atoms with E-state index in [0.29, 0.717) is 5.69 Å². The lowest BCUT2D eigenvalue weighted by Crippen LogP contribution is -2.27. The number of alkyl halides is 1. The summed E-state index contributed by atoms with van der Waals surface area (Å²) in [5, 5.41) is 4.36. The molecule has 2 aromatic heterocycles. The van der Waals surface area contributed by atoms with Gasteiger partial charge in [-0.2, -0.15) is 5.10 Å². The SMILES string of the molecule is CN(C(=O)CCl)c1cn(-c2cccnc2)nc1Cl. The quantitative estimate of drug-likeness (QED) is 0.812. The van der Waals surface area contributed by atoms with Crippen LogP contribution in [0.3, 0.4) is 0 Å². The molecule has 0 aliphatic heterocycles. The molecule has 2 rings (SSSR count). The fourth-order valence-electron chi connectivity index (χ4n) is 1.41. The number of nitrogens with zero attached hydrogens (tertiary/aromatic N) is 4. The highest BCUT2D eigenvalue weighted by molar-refractivity contribution is 6.34. The Morgan fingerprint density at radius 2 is 2.33 bits per heavy atom. The van der Waals surface area contributed by atoms with Gasteiger partial charge in [0.2, 0.25) is 5.91 Å². The molecule has 0 atom stereocenters. The summed E-state index contributed by atoms with van der Waals surface area (Å²) in [7, 11) is 1.60. The van der Waals surface area contributed by atoms with Crippen molar-refractivity contribution in [2.75, 3.05) is 17.8 Å². The summed E-state index contributed by atoms with van der Waals surface area (Å²) in [5.41, 5.74) is 1.27. The average molecular weight is 285 g/mol. The molecule has 0 unspecified atom stereocenters. The third-order valence-electron chi connectivity index (χ3n) is 2.41. The van der Waals surface area contributed by atoms with Gasteiger partial charge in [0.1, 0.15) is 11.6 Å². The van der Waals surface area contributed by atoms with Crippen molar-refractivity contribution in [3.05, 3.63) is 35.9 Å². The maximum absolute atomic E-state index is 11.5. The number of carbonyl (C=O) groups excluding carboxylic acids is 1. The minimum Gasteiger partial charge on any atom is -0.310 e. The summed E-state index contributed by atoms with van der Waals surface area (Å²) in [4.78, 5) is 16.9. The van der Waals surface area contributed by atoms with E-state index in [-0.39, 0.29) is 16.9 Å². The topological polar surface area (TPSA) is 51.0 Å². The van der Waals surface area contributed by atoms with Gasteiger partial charge in [0.15, 0.2) is 5.15 Å². The summed E-state index contributed by atoms with van der Waals surface area (Å²) in [6.07, 6.45) is 4.97. The highest BCUT2D eigenvalue weighted by Gasteiger charge is 2.16. The largest absolute Gasteiger partial charge is 0.310 e. The van der Waals surface area contributed by atoms with E-state index in [1.165, 1.54) is 4.90 Å². The van der Waals surface area contributed by atoms with Gasteiger partial charge in [-0.15, -0.1) is 11.6 Å². The monoisotopic (exact) mass is 284 g/mol. The van der Waals surface area contributed by atoms with Crippen molar-refractivity contribution in [1.82, 2.24) is 14.8 Å². The van der Waals surface area contributed by atoms with Crippen LogP contribution in [0, 0.1) is 0 Å². The smallest absolute Gasteiger partial charge is 0.241 e. The van der Waals surface area contributed by atoms with Crippen molar-refractivity contribution in [3.63, 3.8) is 0 Å². The number of rotatable bonds is 3. The Balaban J connectivity index is 2.36. The summed E-state index contributed by atoms with van der Waals surface area (Å²) < 4.78 is 1.56. The molecule has 0 saturated carbocycles. The fraction of sp³-hybridized carbons (Fsp3) is 0.182. The molecule has 0 N–H and O–H groups in total. The van der Waals surface area contributed by atoms with Gasteiger partial charge in [0, 0.05) is 13.2 Å². The second kappa shape index (κ2) is 5.37. The second-order valence-electron chi connectivity index (χ2n) is 3.55. The van der Waals surface area contributed by atoms with Crippen LogP contribution in [0.2, 0.25) is 5.15 Å². The Hall–Kier alpha value is -1.59. The normalized spacial score (nSPS) is 10.4. The van der Waals surface area contributed by atoms with Crippen LogP contribution >= 0.6 is 23.2 Å². The third-order valence-corrected chi connectivity index (χ3v) is 2.91. The first-order valence-corrected chi connectivity index (χ1v) is 6.03. The number of halogens is 2. The zero-order chi connectivity index (χ0) is 13.1. The van der Waals surface area contributed by atoms with Crippen molar-refractivity contribution >= 4 is 34.8 Å².